The van der Waals surface area contributed by atoms with Crippen LogP contribution in [0.25, 0.3) is 11.3 Å². The lowest BCUT2D eigenvalue weighted by molar-refractivity contribution is 0.102. The van der Waals surface area contributed by atoms with Crippen molar-refractivity contribution < 1.29 is 17.8 Å². The zero-order valence-corrected chi connectivity index (χ0v) is 23.7. The maximum atomic E-state index is 12.9. The highest BCUT2D eigenvalue weighted by atomic mass is 32.2. The number of aromatic nitrogens is 3. The van der Waals surface area contributed by atoms with Gasteiger partial charge >= 0.3 is 0 Å². The molecule has 1 amide bonds. The lowest BCUT2D eigenvalue weighted by Gasteiger charge is -2.27. The fourth-order valence-corrected chi connectivity index (χ4v) is 4.14. The number of aryl methyl sites for hydroxylation is 1. The van der Waals surface area contributed by atoms with Gasteiger partial charge in [-0.2, -0.15) is 8.42 Å². The number of hydrogen-bond acceptors (Lipinski definition) is 9. The molecule has 41 heavy (non-hydrogen) atoms. The van der Waals surface area contributed by atoms with Gasteiger partial charge in [0.15, 0.2) is 0 Å². The molecule has 0 unspecified atom stereocenters. The minimum absolute atomic E-state index is 0.145. The Labute approximate surface area is 239 Å². The number of hydrogen-bond donors (Lipinski definition) is 4. The van der Waals surface area contributed by atoms with Gasteiger partial charge in [0, 0.05) is 73.8 Å². The molecule has 214 valence electrons. The molecular formula is C29H33N7O4S. The van der Waals surface area contributed by atoms with E-state index in [1.807, 2.05) is 67.6 Å². The first-order chi connectivity index (χ1) is 19.6. The average molecular weight is 576 g/mol. The van der Waals surface area contributed by atoms with E-state index >= 15 is 0 Å². The number of nitrogens with one attached hydrogen (secondary N) is 3. The molecule has 3 heterocycles. The predicted octanol–water partition coefficient (Wildman–Crippen LogP) is 3.75. The van der Waals surface area contributed by atoms with Crippen molar-refractivity contribution in [2.75, 3.05) is 43.1 Å². The smallest absolute Gasteiger partial charge is 0.261 e. The van der Waals surface area contributed by atoms with Gasteiger partial charge in [-0.25, -0.2) is 9.97 Å². The van der Waals surface area contributed by atoms with Gasteiger partial charge in [-0.1, -0.05) is 18.2 Å². The predicted molar refractivity (Wildman–Crippen MR) is 160 cm³/mol. The third-order valence-electron chi connectivity index (χ3n) is 6.19. The summed E-state index contributed by atoms with van der Waals surface area (Å²) < 4.78 is 25.9. The molecule has 0 saturated carbocycles. The quantitative estimate of drug-likeness (QED) is 0.240. The summed E-state index contributed by atoms with van der Waals surface area (Å²) in [6.07, 6.45) is 5.93. The van der Waals surface area contributed by atoms with E-state index in [-0.39, 0.29) is 5.91 Å². The Kier molecular flexibility index (Phi) is 10.1. The zero-order valence-electron chi connectivity index (χ0n) is 22.9. The zero-order chi connectivity index (χ0) is 29.2. The summed E-state index contributed by atoms with van der Waals surface area (Å²) in [5.41, 5.74) is 6.07. The van der Waals surface area contributed by atoms with Gasteiger partial charge in [0.25, 0.3) is 16.0 Å². The normalized spacial score (nSPS) is 13.5. The highest BCUT2D eigenvalue weighted by molar-refractivity contribution is 7.85. The van der Waals surface area contributed by atoms with Crippen LogP contribution in [0.15, 0.2) is 79.3 Å². The number of rotatable bonds is 7. The molecule has 0 radical (unpaired) electrons. The van der Waals surface area contributed by atoms with Crippen molar-refractivity contribution in [3.8, 4) is 11.3 Å². The van der Waals surface area contributed by atoms with Crippen molar-refractivity contribution in [2.45, 2.75) is 13.5 Å². The van der Waals surface area contributed by atoms with E-state index in [1.165, 1.54) is 5.56 Å². The van der Waals surface area contributed by atoms with Gasteiger partial charge < -0.3 is 16.0 Å². The van der Waals surface area contributed by atoms with Gasteiger partial charge in [0.05, 0.1) is 11.9 Å². The molecule has 0 bridgehead atoms. The summed E-state index contributed by atoms with van der Waals surface area (Å²) in [4.78, 5) is 28.4. The third-order valence-corrected chi connectivity index (χ3v) is 6.19. The van der Waals surface area contributed by atoms with Crippen LogP contribution < -0.4 is 16.0 Å². The molecule has 11 nitrogen and oxygen atoms in total. The van der Waals surface area contributed by atoms with Gasteiger partial charge in [-0.15, -0.1) is 0 Å². The molecule has 4 N–H and O–H groups in total. The second-order valence-corrected chi connectivity index (χ2v) is 11.0. The number of piperazine rings is 1. The summed E-state index contributed by atoms with van der Waals surface area (Å²) >= 11 is 0. The van der Waals surface area contributed by atoms with Crippen LogP contribution in [-0.2, 0) is 16.7 Å². The van der Waals surface area contributed by atoms with Crippen molar-refractivity contribution in [1.82, 2.24) is 25.2 Å². The molecule has 4 aromatic rings. The van der Waals surface area contributed by atoms with Crippen LogP contribution in [0.5, 0.6) is 0 Å². The minimum atomic E-state index is -3.67. The molecule has 1 aliphatic heterocycles. The Balaban J connectivity index is 0.000000714. The fraction of sp³-hybridized carbons (Fsp3) is 0.241. The lowest BCUT2D eigenvalue weighted by atomic mass is 10.1. The van der Waals surface area contributed by atoms with E-state index in [0.717, 1.165) is 55.2 Å². The van der Waals surface area contributed by atoms with Crippen molar-refractivity contribution >= 4 is 33.3 Å². The molecular weight excluding hydrogens is 542 g/mol. The van der Waals surface area contributed by atoms with Crippen LogP contribution in [0.1, 0.15) is 21.5 Å². The highest BCUT2D eigenvalue weighted by Gasteiger charge is 2.12. The van der Waals surface area contributed by atoms with E-state index < -0.39 is 10.1 Å². The summed E-state index contributed by atoms with van der Waals surface area (Å²) in [5.74, 6) is 0.330. The summed E-state index contributed by atoms with van der Waals surface area (Å²) in [6.45, 7) is 7.04. The first-order valence-electron chi connectivity index (χ1n) is 13.0. The minimum Gasteiger partial charge on any atom is -0.324 e. The highest BCUT2D eigenvalue weighted by Crippen LogP contribution is 2.24. The van der Waals surface area contributed by atoms with Crippen molar-refractivity contribution in [1.29, 1.82) is 0 Å². The number of pyridine rings is 1. The summed E-state index contributed by atoms with van der Waals surface area (Å²) in [6, 6.07) is 19.3. The van der Waals surface area contributed by atoms with Gasteiger partial charge in [-0.3, -0.25) is 19.2 Å². The topological polar surface area (TPSA) is 149 Å². The Bertz CT molecular complexity index is 1550. The molecule has 0 spiro atoms. The standard InChI is InChI=1S/C28H29N7O.CH4O3S/c1-20-4-9-24(17-26(20)34-28-31-12-10-25(33-28)23-3-2-11-30-18-23)32-27(36)22-7-5-21(6-8-22)19-35-15-13-29-14-16-35;1-5(2,3)4/h2-12,17-18,29H,13-16,19H2,1H3,(H,32,36)(H,31,33,34);1H3,(H,2,3,4). The van der Waals surface area contributed by atoms with Crippen LogP contribution in [0.3, 0.4) is 0 Å². The number of anilines is 3. The SMILES string of the molecule is CS(=O)(=O)O.Cc1ccc(NC(=O)c2ccc(CN3CCNCC3)cc2)cc1Nc1nccc(-c2cccnc2)n1. The van der Waals surface area contributed by atoms with Gasteiger partial charge in [0.2, 0.25) is 5.95 Å². The van der Waals surface area contributed by atoms with E-state index in [4.69, 9.17) is 4.55 Å². The fourth-order valence-electron chi connectivity index (χ4n) is 4.14. The van der Waals surface area contributed by atoms with Crippen LogP contribution in [-0.4, -0.2) is 71.2 Å². The molecule has 1 aliphatic rings. The van der Waals surface area contributed by atoms with Crippen LogP contribution in [0.2, 0.25) is 0 Å². The van der Waals surface area contributed by atoms with Crippen LogP contribution in [0.4, 0.5) is 17.3 Å². The Morgan fingerprint density at radius 2 is 1.78 bits per heavy atom. The number of benzene rings is 2. The van der Waals surface area contributed by atoms with E-state index in [1.54, 1.807) is 18.6 Å². The van der Waals surface area contributed by atoms with Crippen molar-refractivity contribution in [3.63, 3.8) is 0 Å². The third kappa shape index (κ3) is 9.72. The van der Waals surface area contributed by atoms with E-state index in [0.29, 0.717) is 23.5 Å². The largest absolute Gasteiger partial charge is 0.324 e. The Morgan fingerprint density at radius 3 is 2.46 bits per heavy atom. The molecule has 5 rings (SSSR count). The molecule has 0 aliphatic carbocycles. The lowest BCUT2D eigenvalue weighted by Crippen LogP contribution is -2.42. The molecule has 2 aromatic heterocycles. The van der Waals surface area contributed by atoms with Crippen molar-refractivity contribution in [2.24, 2.45) is 0 Å². The maximum absolute atomic E-state index is 12.9. The van der Waals surface area contributed by atoms with Gasteiger partial charge in [-0.05, 0) is 60.5 Å². The van der Waals surface area contributed by atoms with Crippen molar-refractivity contribution in [3.05, 3.63) is 95.9 Å². The molecule has 1 saturated heterocycles. The molecule has 2 aromatic carbocycles. The number of amides is 1. The van der Waals surface area contributed by atoms with Gasteiger partial charge in [0.1, 0.15) is 0 Å². The number of carbonyl (C=O) groups is 1. The Morgan fingerprint density at radius 1 is 1.05 bits per heavy atom. The second kappa shape index (κ2) is 13.9. The second-order valence-electron chi connectivity index (χ2n) is 9.57. The van der Waals surface area contributed by atoms with E-state index in [9.17, 15) is 13.2 Å². The molecule has 12 heteroatoms. The van der Waals surface area contributed by atoms with Crippen LogP contribution >= 0.6 is 0 Å². The first-order valence-corrected chi connectivity index (χ1v) is 14.9. The average Bonchev–Trinajstić information content (AvgIpc) is 2.95. The molecule has 0 atom stereocenters. The first kappa shape index (κ1) is 29.7. The summed E-state index contributed by atoms with van der Waals surface area (Å²) in [7, 11) is -3.67. The number of carbonyl (C=O) groups excluding carboxylic acids is 1. The Hall–Kier alpha value is -4.23. The van der Waals surface area contributed by atoms with Crippen LogP contribution in [0, 0.1) is 6.92 Å². The van der Waals surface area contributed by atoms with E-state index in [2.05, 4.69) is 35.8 Å². The number of nitrogens with zero attached hydrogens (tertiary/aromatic N) is 4. The monoisotopic (exact) mass is 575 g/mol. The summed E-state index contributed by atoms with van der Waals surface area (Å²) in [5, 5.41) is 9.65. The molecule has 1 fully saturated rings. The maximum Gasteiger partial charge on any atom is 0.261 e.